The summed E-state index contributed by atoms with van der Waals surface area (Å²) in [6, 6.07) is 0. The number of hydrogen-bond acceptors (Lipinski definition) is 5. The third-order valence-electron chi connectivity index (χ3n) is 5.30. The van der Waals surface area contributed by atoms with Gasteiger partial charge in [-0.25, -0.2) is 0 Å². The second-order valence-electron chi connectivity index (χ2n) is 6.57. The molecule has 0 aromatic carbocycles. The molecule has 2 aliphatic rings. The van der Waals surface area contributed by atoms with Crippen LogP contribution in [0, 0.1) is 5.41 Å². The van der Waals surface area contributed by atoms with Gasteiger partial charge in [0.05, 0.1) is 12.1 Å². The molecule has 4 nitrogen and oxygen atoms in total. The third-order valence-corrected chi connectivity index (χ3v) is 6.48. The van der Waals surface area contributed by atoms with Crippen LogP contribution in [0.5, 0.6) is 0 Å². The molecule has 116 valence electrons. The summed E-state index contributed by atoms with van der Waals surface area (Å²) in [4.78, 5) is 9.48. The Morgan fingerprint density at radius 3 is 2.65 bits per heavy atom. The van der Waals surface area contributed by atoms with Gasteiger partial charge in [-0.3, -0.25) is 4.99 Å². The summed E-state index contributed by atoms with van der Waals surface area (Å²) >= 11 is 2.06. The first-order chi connectivity index (χ1) is 9.47. The number of likely N-dealkylation sites (N-methyl/N-ethyl adjacent to an activating group) is 1. The van der Waals surface area contributed by atoms with Crippen molar-refractivity contribution >= 4 is 17.7 Å². The lowest BCUT2D eigenvalue weighted by atomic mass is 9.70. The molecule has 0 amide bonds. The van der Waals surface area contributed by atoms with E-state index >= 15 is 0 Å². The minimum absolute atomic E-state index is 0.132. The highest BCUT2D eigenvalue weighted by Gasteiger charge is 2.54. The first-order valence-corrected chi connectivity index (χ1v) is 9.00. The van der Waals surface area contributed by atoms with E-state index in [4.69, 9.17) is 5.73 Å². The van der Waals surface area contributed by atoms with Gasteiger partial charge < -0.3 is 15.5 Å². The Morgan fingerprint density at radius 1 is 1.35 bits per heavy atom. The molecule has 1 unspecified atom stereocenters. The Morgan fingerprint density at radius 2 is 2.05 bits per heavy atom. The summed E-state index contributed by atoms with van der Waals surface area (Å²) < 4.78 is 0. The number of rotatable bonds is 5. The van der Waals surface area contributed by atoms with Crippen molar-refractivity contribution in [2.24, 2.45) is 16.1 Å². The zero-order valence-corrected chi connectivity index (χ0v) is 14.3. The molecule has 1 atom stereocenters. The fourth-order valence-electron chi connectivity index (χ4n) is 3.41. The molecule has 2 heterocycles. The molecular formula is C15H30N4S. The number of hydrogen-bond donors (Lipinski definition) is 1. The largest absolute Gasteiger partial charge is 0.370 e. The molecule has 1 saturated heterocycles. The lowest BCUT2D eigenvalue weighted by Gasteiger charge is -2.53. The predicted molar refractivity (Wildman–Crippen MR) is 89.4 cm³/mol. The van der Waals surface area contributed by atoms with E-state index in [2.05, 4.69) is 54.2 Å². The normalized spacial score (nSPS) is 29.2. The van der Waals surface area contributed by atoms with Gasteiger partial charge >= 0.3 is 0 Å². The average Bonchev–Trinajstić information content (AvgIpc) is 2.74. The minimum atomic E-state index is 0.132. The van der Waals surface area contributed by atoms with Crippen molar-refractivity contribution in [2.45, 2.75) is 39.7 Å². The van der Waals surface area contributed by atoms with Crippen LogP contribution >= 0.6 is 11.8 Å². The highest BCUT2D eigenvalue weighted by Crippen LogP contribution is 2.47. The van der Waals surface area contributed by atoms with Crippen molar-refractivity contribution < 1.29 is 0 Å². The fraction of sp³-hybridized carbons (Fsp3) is 0.933. The summed E-state index contributed by atoms with van der Waals surface area (Å²) in [6.07, 6.45) is 1.25. The van der Waals surface area contributed by atoms with Crippen molar-refractivity contribution in [1.29, 1.82) is 0 Å². The van der Waals surface area contributed by atoms with Crippen LogP contribution in [0.2, 0.25) is 0 Å². The Hall–Kier alpha value is -0.420. The van der Waals surface area contributed by atoms with Gasteiger partial charge in [-0.2, -0.15) is 11.8 Å². The van der Waals surface area contributed by atoms with Gasteiger partial charge in [0, 0.05) is 18.8 Å². The highest BCUT2D eigenvalue weighted by atomic mass is 32.2. The molecule has 2 aliphatic heterocycles. The molecule has 0 aliphatic carbocycles. The molecule has 0 radical (unpaired) electrons. The zero-order chi connectivity index (χ0) is 14.8. The summed E-state index contributed by atoms with van der Waals surface area (Å²) in [7, 11) is 0. The minimum Gasteiger partial charge on any atom is -0.370 e. The number of aliphatic imine (C=N–C) groups is 1. The Kier molecular flexibility index (Phi) is 4.90. The van der Waals surface area contributed by atoms with Crippen LogP contribution < -0.4 is 5.73 Å². The molecule has 0 saturated carbocycles. The van der Waals surface area contributed by atoms with Crippen LogP contribution in [0.4, 0.5) is 0 Å². The summed E-state index contributed by atoms with van der Waals surface area (Å²) in [5.41, 5.74) is 6.64. The first-order valence-electron chi connectivity index (χ1n) is 7.84. The summed E-state index contributed by atoms with van der Waals surface area (Å²) in [5.74, 6) is 3.17. The van der Waals surface area contributed by atoms with E-state index in [0.717, 1.165) is 44.4 Å². The SMILES string of the molecule is CCN(CC)CCN1C(N)=NCC12CSCCC2(C)C. The van der Waals surface area contributed by atoms with Crippen molar-refractivity contribution in [3.05, 3.63) is 0 Å². The monoisotopic (exact) mass is 298 g/mol. The lowest BCUT2D eigenvalue weighted by molar-refractivity contribution is 0.0593. The van der Waals surface area contributed by atoms with Gasteiger partial charge in [0.2, 0.25) is 0 Å². The Labute approximate surface area is 128 Å². The second kappa shape index (κ2) is 6.14. The van der Waals surface area contributed by atoms with Gasteiger partial charge in [-0.1, -0.05) is 27.7 Å². The van der Waals surface area contributed by atoms with E-state index in [9.17, 15) is 0 Å². The van der Waals surface area contributed by atoms with E-state index in [1.807, 2.05) is 0 Å². The van der Waals surface area contributed by atoms with E-state index < -0.39 is 0 Å². The molecule has 0 aromatic rings. The maximum Gasteiger partial charge on any atom is 0.191 e. The van der Waals surface area contributed by atoms with Crippen LogP contribution in [0.25, 0.3) is 0 Å². The standard InChI is InChI=1S/C15H30N4S/c1-5-18(6-2)8-9-19-13(16)17-11-15(19)12-20-10-7-14(15,3)4/h5-12H2,1-4H3,(H2,16,17). The van der Waals surface area contributed by atoms with E-state index in [1.165, 1.54) is 12.2 Å². The second-order valence-corrected chi connectivity index (χ2v) is 7.68. The molecular weight excluding hydrogens is 268 g/mol. The Balaban J connectivity index is 2.13. The van der Waals surface area contributed by atoms with Crippen LogP contribution in [0.15, 0.2) is 4.99 Å². The molecule has 5 heteroatoms. The van der Waals surface area contributed by atoms with Crippen molar-refractivity contribution in [2.75, 3.05) is 44.2 Å². The lowest BCUT2D eigenvalue weighted by Crippen LogP contribution is -2.64. The van der Waals surface area contributed by atoms with Gasteiger partial charge in [0.25, 0.3) is 0 Å². The molecule has 2 N–H and O–H groups in total. The third kappa shape index (κ3) is 2.67. The maximum atomic E-state index is 6.22. The summed E-state index contributed by atoms with van der Waals surface area (Å²) in [5, 5.41) is 0. The number of nitrogens with zero attached hydrogens (tertiary/aromatic N) is 3. The number of thioether (sulfide) groups is 1. The molecule has 2 rings (SSSR count). The average molecular weight is 299 g/mol. The zero-order valence-electron chi connectivity index (χ0n) is 13.5. The van der Waals surface area contributed by atoms with Gasteiger partial charge in [0.15, 0.2) is 5.96 Å². The first kappa shape index (κ1) is 16.0. The number of nitrogens with two attached hydrogens (primary N) is 1. The van der Waals surface area contributed by atoms with Gasteiger partial charge in [-0.15, -0.1) is 0 Å². The Bertz CT molecular complexity index is 365. The van der Waals surface area contributed by atoms with E-state index in [0.29, 0.717) is 0 Å². The predicted octanol–water partition coefficient (Wildman–Crippen LogP) is 1.86. The van der Waals surface area contributed by atoms with Crippen molar-refractivity contribution in [3.63, 3.8) is 0 Å². The molecule has 1 spiro atoms. The topological polar surface area (TPSA) is 44.9 Å². The molecule has 0 aromatic heterocycles. The summed E-state index contributed by atoms with van der Waals surface area (Å²) in [6.45, 7) is 14.4. The van der Waals surface area contributed by atoms with E-state index in [-0.39, 0.29) is 11.0 Å². The quantitative estimate of drug-likeness (QED) is 0.841. The molecule has 0 bridgehead atoms. The molecule has 1 fully saturated rings. The smallest absolute Gasteiger partial charge is 0.191 e. The van der Waals surface area contributed by atoms with Crippen LogP contribution in [-0.4, -0.2) is 65.5 Å². The van der Waals surface area contributed by atoms with Crippen molar-refractivity contribution in [1.82, 2.24) is 9.80 Å². The van der Waals surface area contributed by atoms with Crippen LogP contribution in [-0.2, 0) is 0 Å². The molecule has 20 heavy (non-hydrogen) atoms. The highest BCUT2D eigenvalue weighted by molar-refractivity contribution is 7.99. The number of guanidine groups is 1. The van der Waals surface area contributed by atoms with Gasteiger partial charge in [-0.05, 0) is 30.7 Å². The van der Waals surface area contributed by atoms with Crippen LogP contribution in [0.1, 0.15) is 34.1 Å². The van der Waals surface area contributed by atoms with Crippen LogP contribution in [0.3, 0.4) is 0 Å². The van der Waals surface area contributed by atoms with Gasteiger partial charge in [0.1, 0.15) is 0 Å². The maximum absolute atomic E-state index is 6.22. The fourth-order valence-corrected chi connectivity index (χ4v) is 5.19. The van der Waals surface area contributed by atoms with Crippen molar-refractivity contribution in [3.8, 4) is 0 Å². The van der Waals surface area contributed by atoms with E-state index in [1.54, 1.807) is 0 Å².